The Kier molecular flexibility index (Phi) is 5.41. The van der Waals surface area contributed by atoms with Crippen LogP contribution in [-0.4, -0.2) is 38.4 Å². The van der Waals surface area contributed by atoms with Crippen LogP contribution in [0.15, 0.2) is 0 Å². The number of nitrogen functional groups attached to an aromatic ring is 1. The molecule has 0 aliphatic rings. The average Bonchev–Trinajstić information content (AvgIpc) is 2.72. The van der Waals surface area contributed by atoms with Crippen molar-refractivity contribution >= 4 is 34.0 Å². The van der Waals surface area contributed by atoms with Crippen molar-refractivity contribution in [3.63, 3.8) is 0 Å². The standard InChI is InChI=1S/C11H13F3N2O4S/c1-3-20-9(17)5-6(15)7(10(18)19-2)21-8(5)16-4-11(12,13)14/h16H,3-4,15H2,1-2H3. The molecule has 0 saturated heterocycles. The summed E-state index contributed by atoms with van der Waals surface area (Å²) in [6.45, 7) is 0.171. The summed E-state index contributed by atoms with van der Waals surface area (Å²) in [6, 6.07) is 0. The van der Waals surface area contributed by atoms with Gasteiger partial charge in [-0.05, 0) is 6.92 Å². The molecule has 0 aliphatic heterocycles. The summed E-state index contributed by atoms with van der Waals surface area (Å²) in [5.74, 6) is -1.76. The van der Waals surface area contributed by atoms with Crippen molar-refractivity contribution in [1.82, 2.24) is 0 Å². The zero-order chi connectivity index (χ0) is 16.2. The van der Waals surface area contributed by atoms with Crippen LogP contribution in [0.2, 0.25) is 0 Å². The first kappa shape index (κ1) is 17.1. The van der Waals surface area contributed by atoms with E-state index in [1.165, 1.54) is 6.92 Å². The maximum Gasteiger partial charge on any atom is 0.405 e. The van der Waals surface area contributed by atoms with E-state index in [0.29, 0.717) is 11.3 Å². The molecular formula is C11H13F3N2O4S. The van der Waals surface area contributed by atoms with Crippen LogP contribution in [0.3, 0.4) is 0 Å². The SMILES string of the molecule is CCOC(=O)c1c(NCC(F)(F)F)sc(C(=O)OC)c1N. The number of carbonyl (C=O) groups excluding carboxylic acids is 2. The number of nitrogens with one attached hydrogen (secondary N) is 1. The fraction of sp³-hybridized carbons (Fsp3) is 0.455. The Balaban J connectivity index is 3.20. The van der Waals surface area contributed by atoms with Crippen molar-refractivity contribution in [2.24, 2.45) is 0 Å². The lowest BCUT2D eigenvalue weighted by molar-refractivity contribution is -0.115. The number of carbonyl (C=O) groups is 2. The minimum Gasteiger partial charge on any atom is -0.465 e. The molecule has 0 saturated carbocycles. The molecule has 0 bridgehead atoms. The van der Waals surface area contributed by atoms with E-state index in [-0.39, 0.29) is 27.7 Å². The largest absolute Gasteiger partial charge is 0.465 e. The lowest BCUT2D eigenvalue weighted by atomic mass is 10.2. The maximum atomic E-state index is 12.3. The minimum absolute atomic E-state index is 0.0143. The van der Waals surface area contributed by atoms with Gasteiger partial charge in [0.25, 0.3) is 0 Å². The summed E-state index contributed by atoms with van der Waals surface area (Å²) in [6.07, 6.45) is -4.49. The number of hydrogen-bond acceptors (Lipinski definition) is 7. The molecule has 0 aromatic carbocycles. The van der Waals surface area contributed by atoms with Crippen molar-refractivity contribution in [1.29, 1.82) is 0 Å². The van der Waals surface area contributed by atoms with Gasteiger partial charge in [-0.1, -0.05) is 0 Å². The molecule has 0 aliphatic carbocycles. The van der Waals surface area contributed by atoms with Gasteiger partial charge in [-0.25, -0.2) is 9.59 Å². The molecule has 0 fully saturated rings. The number of nitrogens with two attached hydrogens (primary N) is 1. The van der Waals surface area contributed by atoms with E-state index in [1.54, 1.807) is 0 Å². The number of methoxy groups -OCH3 is 1. The molecule has 1 heterocycles. The van der Waals surface area contributed by atoms with E-state index in [9.17, 15) is 22.8 Å². The number of alkyl halides is 3. The fourth-order valence-corrected chi connectivity index (χ4v) is 2.42. The van der Waals surface area contributed by atoms with E-state index in [2.05, 4.69) is 4.74 Å². The Morgan fingerprint density at radius 3 is 2.43 bits per heavy atom. The number of thiophene rings is 1. The van der Waals surface area contributed by atoms with Gasteiger partial charge >= 0.3 is 18.1 Å². The van der Waals surface area contributed by atoms with E-state index in [4.69, 9.17) is 10.5 Å². The average molecular weight is 326 g/mol. The first-order chi connectivity index (χ1) is 9.71. The Hall–Kier alpha value is -1.97. The summed E-state index contributed by atoms with van der Waals surface area (Å²) in [5.41, 5.74) is 5.07. The molecule has 0 spiro atoms. The first-order valence-electron chi connectivity index (χ1n) is 5.69. The molecule has 0 amide bonds. The second kappa shape index (κ2) is 6.66. The van der Waals surface area contributed by atoms with Crippen LogP contribution in [0.25, 0.3) is 0 Å². The summed E-state index contributed by atoms with van der Waals surface area (Å²) in [4.78, 5) is 23.1. The van der Waals surface area contributed by atoms with Crippen LogP contribution >= 0.6 is 11.3 Å². The predicted octanol–water partition coefficient (Wildman–Crippen LogP) is 2.27. The van der Waals surface area contributed by atoms with Gasteiger partial charge in [-0.3, -0.25) is 0 Å². The lowest BCUT2D eigenvalue weighted by Crippen LogP contribution is -2.22. The first-order valence-corrected chi connectivity index (χ1v) is 6.51. The van der Waals surface area contributed by atoms with Crippen molar-refractivity contribution in [2.45, 2.75) is 13.1 Å². The van der Waals surface area contributed by atoms with Gasteiger partial charge < -0.3 is 20.5 Å². The third kappa shape index (κ3) is 4.25. The molecular weight excluding hydrogens is 313 g/mol. The topological polar surface area (TPSA) is 90.6 Å². The molecule has 1 aromatic rings. The Bertz CT molecular complexity index is 542. The minimum atomic E-state index is -4.49. The van der Waals surface area contributed by atoms with E-state index in [0.717, 1.165) is 7.11 Å². The predicted molar refractivity (Wildman–Crippen MR) is 70.6 cm³/mol. The Morgan fingerprint density at radius 2 is 1.95 bits per heavy atom. The maximum absolute atomic E-state index is 12.3. The third-order valence-electron chi connectivity index (χ3n) is 2.24. The Labute approximate surface area is 122 Å². The van der Waals surface area contributed by atoms with Crippen molar-refractivity contribution in [3.8, 4) is 0 Å². The smallest absolute Gasteiger partial charge is 0.405 e. The monoisotopic (exact) mass is 326 g/mol. The number of hydrogen-bond donors (Lipinski definition) is 2. The number of esters is 2. The van der Waals surface area contributed by atoms with Gasteiger partial charge in [0.1, 0.15) is 22.0 Å². The molecule has 0 unspecified atom stereocenters. The summed E-state index contributed by atoms with van der Waals surface area (Å²) < 4.78 is 46.0. The zero-order valence-corrected chi connectivity index (χ0v) is 12.0. The molecule has 3 N–H and O–H groups in total. The van der Waals surface area contributed by atoms with E-state index >= 15 is 0 Å². The number of rotatable bonds is 5. The molecule has 0 atom stereocenters. The quantitative estimate of drug-likeness (QED) is 0.807. The number of halogens is 3. The van der Waals surface area contributed by atoms with Gasteiger partial charge in [-0.2, -0.15) is 13.2 Å². The number of anilines is 2. The molecule has 1 rings (SSSR count). The van der Waals surface area contributed by atoms with Crippen LogP contribution < -0.4 is 11.1 Å². The molecule has 21 heavy (non-hydrogen) atoms. The normalized spacial score (nSPS) is 11.1. The van der Waals surface area contributed by atoms with Crippen molar-refractivity contribution in [3.05, 3.63) is 10.4 Å². The van der Waals surface area contributed by atoms with Crippen LogP contribution in [0.5, 0.6) is 0 Å². The van der Waals surface area contributed by atoms with Crippen molar-refractivity contribution < 1.29 is 32.2 Å². The highest BCUT2D eigenvalue weighted by molar-refractivity contribution is 7.19. The van der Waals surface area contributed by atoms with Crippen molar-refractivity contribution in [2.75, 3.05) is 31.3 Å². The van der Waals surface area contributed by atoms with Crippen LogP contribution in [0.1, 0.15) is 27.0 Å². The summed E-state index contributed by atoms with van der Waals surface area (Å²) in [5, 5.41) is 1.85. The Morgan fingerprint density at radius 1 is 1.33 bits per heavy atom. The molecule has 10 heteroatoms. The van der Waals surface area contributed by atoms with Crippen LogP contribution in [-0.2, 0) is 9.47 Å². The van der Waals surface area contributed by atoms with E-state index < -0.39 is 24.7 Å². The summed E-state index contributed by atoms with van der Waals surface area (Å²) >= 11 is 0.602. The molecule has 6 nitrogen and oxygen atoms in total. The molecule has 0 radical (unpaired) electrons. The van der Waals surface area contributed by atoms with Crippen LogP contribution in [0.4, 0.5) is 23.9 Å². The van der Waals surface area contributed by atoms with Gasteiger partial charge in [0.05, 0.1) is 19.4 Å². The second-order valence-electron chi connectivity index (χ2n) is 3.73. The molecule has 1 aromatic heterocycles. The zero-order valence-electron chi connectivity index (χ0n) is 11.2. The molecule has 118 valence electrons. The van der Waals surface area contributed by atoms with Gasteiger partial charge in [0, 0.05) is 0 Å². The van der Waals surface area contributed by atoms with Crippen LogP contribution in [0, 0.1) is 0 Å². The number of ether oxygens (including phenoxy) is 2. The third-order valence-corrected chi connectivity index (χ3v) is 3.39. The lowest BCUT2D eigenvalue weighted by Gasteiger charge is -2.09. The van der Waals surface area contributed by atoms with E-state index in [1.807, 2.05) is 5.32 Å². The van der Waals surface area contributed by atoms with Gasteiger partial charge in [-0.15, -0.1) is 11.3 Å². The second-order valence-corrected chi connectivity index (χ2v) is 4.75. The highest BCUT2D eigenvalue weighted by Crippen LogP contribution is 2.37. The highest BCUT2D eigenvalue weighted by Gasteiger charge is 2.31. The van der Waals surface area contributed by atoms with Gasteiger partial charge in [0.2, 0.25) is 0 Å². The summed E-state index contributed by atoms with van der Waals surface area (Å²) in [7, 11) is 1.09. The fourth-order valence-electron chi connectivity index (χ4n) is 1.40. The highest BCUT2D eigenvalue weighted by atomic mass is 32.1. The van der Waals surface area contributed by atoms with Gasteiger partial charge in [0.15, 0.2) is 0 Å².